The van der Waals surface area contributed by atoms with Crippen LogP contribution in [0.3, 0.4) is 0 Å². The number of anilines is 1. The summed E-state index contributed by atoms with van der Waals surface area (Å²) in [6, 6.07) is 19.7. The number of primary sulfonamides is 1. The Balaban J connectivity index is 1.55. The molecule has 37 heavy (non-hydrogen) atoms. The minimum Gasteiger partial charge on any atom is -0.384 e. The molecule has 1 saturated carbocycles. The average molecular weight is 520 g/mol. The van der Waals surface area contributed by atoms with Gasteiger partial charge in [0.05, 0.1) is 4.90 Å². The maximum atomic E-state index is 13.5. The van der Waals surface area contributed by atoms with Gasteiger partial charge in [0.15, 0.2) is 0 Å². The molecule has 3 aromatic carbocycles. The molecule has 0 aliphatic heterocycles. The number of amidine groups is 1. The van der Waals surface area contributed by atoms with Crippen molar-refractivity contribution in [3.63, 3.8) is 0 Å². The number of hydrogen-bond donors (Lipinski definition) is 5. The van der Waals surface area contributed by atoms with Gasteiger partial charge in [-0.3, -0.25) is 15.0 Å². The van der Waals surface area contributed by atoms with Gasteiger partial charge in [-0.1, -0.05) is 61.7 Å². The number of hydrogen-bond acceptors (Lipinski definition) is 5. The van der Waals surface area contributed by atoms with Gasteiger partial charge in [-0.2, -0.15) is 0 Å². The SMILES string of the molecule is N=C(N)c1cccc(C(=O)NC2(C(=O)Nc3ccc(-c4ccccc4S(N)(=O)=O)cc3)CCCCC2)c1. The highest BCUT2D eigenvalue weighted by molar-refractivity contribution is 7.89. The monoisotopic (exact) mass is 519 g/mol. The molecule has 0 heterocycles. The molecule has 0 unspecified atom stereocenters. The van der Waals surface area contributed by atoms with E-state index in [-0.39, 0.29) is 16.6 Å². The van der Waals surface area contributed by atoms with E-state index in [1.165, 1.54) is 12.1 Å². The van der Waals surface area contributed by atoms with Gasteiger partial charge in [-0.25, -0.2) is 13.6 Å². The molecule has 7 N–H and O–H groups in total. The smallest absolute Gasteiger partial charge is 0.252 e. The topological polar surface area (TPSA) is 168 Å². The highest BCUT2D eigenvalue weighted by Crippen LogP contribution is 2.31. The van der Waals surface area contributed by atoms with E-state index in [9.17, 15) is 18.0 Å². The van der Waals surface area contributed by atoms with Crippen LogP contribution in [-0.4, -0.2) is 31.6 Å². The lowest BCUT2D eigenvalue weighted by molar-refractivity contribution is -0.123. The van der Waals surface area contributed by atoms with Crippen LogP contribution >= 0.6 is 0 Å². The lowest BCUT2D eigenvalue weighted by atomic mass is 9.80. The third kappa shape index (κ3) is 5.87. The summed E-state index contributed by atoms with van der Waals surface area (Å²) in [5.41, 5.74) is 6.84. The summed E-state index contributed by atoms with van der Waals surface area (Å²) in [5, 5.41) is 18.8. The van der Waals surface area contributed by atoms with Crippen molar-refractivity contribution in [2.45, 2.75) is 42.5 Å². The van der Waals surface area contributed by atoms with E-state index in [0.29, 0.717) is 40.8 Å². The van der Waals surface area contributed by atoms with Gasteiger partial charge in [-0.15, -0.1) is 0 Å². The van der Waals surface area contributed by atoms with Crippen molar-refractivity contribution in [3.05, 3.63) is 83.9 Å². The molecule has 0 radical (unpaired) electrons. The van der Waals surface area contributed by atoms with Crippen molar-refractivity contribution >= 4 is 33.4 Å². The summed E-state index contributed by atoms with van der Waals surface area (Å²) in [6.07, 6.45) is 3.56. The molecule has 4 rings (SSSR count). The van der Waals surface area contributed by atoms with Crippen molar-refractivity contribution < 1.29 is 18.0 Å². The molecule has 0 saturated heterocycles. The second kappa shape index (κ2) is 10.5. The maximum Gasteiger partial charge on any atom is 0.252 e. The predicted molar refractivity (Wildman–Crippen MR) is 143 cm³/mol. The second-order valence-electron chi connectivity index (χ2n) is 9.16. The van der Waals surface area contributed by atoms with E-state index >= 15 is 0 Å². The van der Waals surface area contributed by atoms with Gasteiger partial charge in [0.1, 0.15) is 11.4 Å². The van der Waals surface area contributed by atoms with E-state index in [1.54, 1.807) is 60.7 Å². The summed E-state index contributed by atoms with van der Waals surface area (Å²) >= 11 is 0. The first-order valence-electron chi connectivity index (χ1n) is 11.9. The van der Waals surface area contributed by atoms with Crippen molar-refractivity contribution in [3.8, 4) is 11.1 Å². The average Bonchev–Trinajstić information content (AvgIpc) is 2.89. The summed E-state index contributed by atoms with van der Waals surface area (Å²) in [6.45, 7) is 0. The first kappa shape index (κ1) is 26.1. The molecule has 1 aliphatic carbocycles. The molecule has 9 nitrogen and oxygen atoms in total. The number of nitrogens with one attached hydrogen (secondary N) is 3. The van der Waals surface area contributed by atoms with Crippen LogP contribution in [-0.2, 0) is 14.8 Å². The standard InChI is InChI=1S/C27H29N5O4S/c28-24(29)19-7-6-8-20(17-19)25(33)32-27(15-4-1-5-16-27)26(34)31-21-13-11-18(12-14-21)22-9-2-3-10-23(22)37(30,35)36/h2-3,6-14,17H,1,4-5,15-16H2,(H3,28,29)(H,31,34)(H,32,33)(H2,30,35,36). The van der Waals surface area contributed by atoms with Gasteiger partial charge in [0.25, 0.3) is 5.91 Å². The van der Waals surface area contributed by atoms with E-state index in [1.807, 2.05) is 0 Å². The first-order valence-corrected chi connectivity index (χ1v) is 13.4. The molecule has 3 aromatic rings. The number of carbonyl (C=O) groups is 2. The van der Waals surface area contributed by atoms with Crippen LogP contribution in [0.15, 0.2) is 77.7 Å². The third-order valence-corrected chi connectivity index (χ3v) is 7.55. The van der Waals surface area contributed by atoms with E-state index < -0.39 is 21.5 Å². The number of benzene rings is 3. The molecule has 1 aliphatic rings. The largest absolute Gasteiger partial charge is 0.384 e. The third-order valence-electron chi connectivity index (χ3n) is 6.58. The summed E-state index contributed by atoms with van der Waals surface area (Å²) in [7, 11) is -3.90. The Hall–Kier alpha value is -4.02. The van der Waals surface area contributed by atoms with Crippen LogP contribution in [0, 0.1) is 5.41 Å². The zero-order valence-corrected chi connectivity index (χ0v) is 21.0. The Bertz CT molecular complexity index is 1450. The highest BCUT2D eigenvalue weighted by atomic mass is 32.2. The Morgan fingerprint density at radius 3 is 2.16 bits per heavy atom. The minimum absolute atomic E-state index is 0.0181. The number of carbonyl (C=O) groups excluding carboxylic acids is 2. The van der Waals surface area contributed by atoms with Crippen LogP contribution in [0.1, 0.15) is 48.0 Å². The molecule has 0 spiro atoms. The highest BCUT2D eigenvalue weighted by Gasteiger charge is 2.41. The fourth-order valence-electron chi connectivity index (χ4n) is 4.62. The Morgan fingerprint density at radius 2 is 1.51 bits per heavy atom. The van der Waals surface area contributed by atoms with Crippen molar-refractivity contribution in [1.29, 1.82) is 5.41 Å². The molecule has 0 bridgehead atoms. The van der Waals surface area contributed by atoms with Gasteiger partial charge in [-0.05, 0) is 48.7 Å². The molecule has 1 fully saturated rings. The van der Waals surface area contributed by atoms with Crippen LogP contribution in [0.2, 0.25) is 0 Å². The lowest BCUT2D eigenvalue weighted by Gasteiger charge is -2.36. The van der Waals surface area contributed by atoms with E-state index in [4.69, 9.17) is 16.3 Å². The molecular formula is C27H29N5O4S. The number of amides is 2. The zero-order chi connectivity index (χ0) is 26.6. The predicted octanol–water partition coefficient (Wildman–Crippen LogP) is 3.36. The summed E-state index contributed by atoms with van der Waals surface area (Å²) < 4.78 is 23.9. The number of sulfonamides is 1. The first-order chi connectivity index (χ1) is 17.6. The Morgan fingerprint density at radius 1 is 0.865 bits per heavy atom. The van der Waals surface area contributed by atoms with Crippen LogP contribution in [0.5, 0.6) is 0 Å². The van der Waals surface area contributed by atoms with Gasteiger partial charge in [0, 0.05) is 22.4 Å². The second-order valence-corrected chi connectivity index (χ2v) is 10.7. The van der Waals surface area contributed by atoms with Gasteiger partial charge in [0.2, 0.25) is 15.9 Å². The van der Waals surface area contributed by atoms with Gasteiger partial charge < -0.3 is 16.4 Å². The number of nitrogen functional groups attached to an aromatic ring is 1. The molecular weight excluding hydrogens is 490 g/mol. The van der Waals surface area contributed by atoms with E-state index in [0.717, 1.165) is 19.3 Å². The normalized spacial score (nSPS) is 14.9. The fraction of sp³-hybridized carbons (Fsp3) is 0.222. The molecule has 0 atom stereocenters. The zero-order valence-electron chi connectivity index (χ0n) is 20.2. The Labute approximate surface area is 215 Å². The summed E-state index contributed by atoms with van der Waals surface area (Å²) in [5.74, 6) is -0.869. The van der Waals surface area contributed by atoms with Crippen molar-refractivity contribution in [1.82, 2.24) is 5.32 Å². The molecule has 10 heteroatoms. The van der Waals surface area contributed by atoms with Crippen LogP contribution in [0.4, 0.5) is 5.69 Å². The number of nitrogens with two attached hydrogens (primary N) is 2. The maximum absolute atomic E-state index is 13.5. The molecule has 0 aromatic heterocycles. The molecule has 2 amide bonds. The molecule has 192 valence electrons. The van der Waals surface area contributed by atoms with Crippen LogP contribution < -0.4 is 21.5 Å². The van der Waals surface area contributed by atoms with Crippen molar-refractivity contribution in [2.24, 2.45) is 10.9 Å². The lowest BCUT2D eigenvalue weighted by Crippen LogP contribution is -2.57. The van der Waals surface area contributed by atoms with Crippen LogP contribution in [0.25, 0.3) is 11.1 Å². The van der Waals surface area contributed by atoms with Gasteiger partial charge >= 0.3 is 0 Å². The van der Waals surface area contributed by atoms with E-state index in [2.05, 4.69) is 10.6 Å². The quantitative estimate of drug-likeness (QED) is 0.238. The number of rotatable bonds is 7. The Kier molecular flexibility index (Phi) is 7.42. The fourth-order valence-corrected chi connectivity index (χ4v) is 5.38. The minimum atomic E-state index is -3.90. The van der Waals surface area contributed by atoms with Crippen molar-refractivity contribution in [2.75, 3.05) is 5.32 Å². The summed E-state index contributed by atoms with van der Waals surface area (Å²) in [4.78, 5) is 26.6.